The van der Waals surface area contributed by atoms with Gasteiger partial charge in [0.25, 0.3) is 5.91 Å². The van der Waals surface area contributed by atoms with Crippen molar-refractivity contribution in [3.63, 3.8) is 0 Å². The van der Waals surface area contributed by atoms with Crippen LogP contribution in [0.2, 0.25) is 0 Å². The first kappa shape index (κ1) is 12.8. The number of nitrogens with one attached hydrogen (secondary N) is 1. The molecule has 2 heterocycles. The predicted molar refractivity (Wildman–Crippen MR) is 71.0 cm³/mol. The van der Waals surface area contributed by atoms with Gasteiger partial charge in [-0.25, -0.2) is 10.8 Å². The van der Waals surface area contributed by atoms with Gasteiger partial charge in [0.05, 0.1) is 0 Å². The Bertz CT molecular complexity index is 421. The van der Waals surface area contributed by atoms with Gasteiger partial charge in [-0.2, -0.15) is 0 Å². The summed E-state index contributed by atoms with van der Waals surface area (Å²) in [6, 6.07) is 5.26. The Kier molecular flexibility index (Phi) is 4.15. The van der Waals surface area contributed by atoms with Crippen molar-refractivity contribution in [2.45, 2.75) is 26.2 Å². The van der Waals surface area contributed by atoms with E-state index in [0.29, 0.717) is 17.4 Å². The maximum absolute atomic E-state index is 12.3. The van der Waals surface area contributed by atoms with Crippen molar-refractivity contribution < 1.29 is 4.79 Å². The van der Waals surface area contributed by atoms with Gasteiger partial charge in [-0.15, -0.1) is 0 Å². The Morgan fingerprint density at radius 2 is 2.28 bits per heavy atom. The molecule has 0 aliphatic carbocycles. The molecular formula is C13H20N4O. The third-order valence-electron chi connectivity index (χ3n) is 3.42. The number of pyridine rings is 1. The monoisotopic (exact) mass is 248 g/mol. The molecule has 0 spiro atoms. The fourth-order valence-corrected chi connectivity index (χ4v) is 2.26. The molecule has 0 saturated carbocycles. The van der Waals surface area contributed by atoms with Crippen LogP contribution in [0.1, 0.15) is 36.7 Å². The van der Waals surface area contributed by atoms with Crippen LogP contribution < -0.4 is 11.3 Å². The van der Waals surface area contributed by atoms with Gasteiger partial charge in [0.1, 0.15) is 11.5 Å². The minimum Gasteiger partial charge on any atom is -0.337 e. The molecule has 5 heteroatoms. The highest BCUT2D eigenvalue weighted by molar-refractivity contribution is 5.92. The van der Waals surface area contributed by atoms with Crippen molar-refractivity contribution in [1.82, 2.24) is 9.88 Å². The minimum absolute atomic E-state index is 0.00111. The highest BCUT2D eigenvalue weighted by Crippen LogP contribution is 2.18. The maximum atomic E-state index is 12.3. The zero-order chi connectivity index (χ0) is 13.0. The zero-order valence-electron chi connectivity index (χ0n) is 10.7. The number of hydrogen-bond donors (Lipinski definition) is 2. The van der Waals surface area contributed by atoms with Crippen molar-refractivity contribution in [2.75, 3.05) is 18.5 Å². The van der Waals surface area contributed by atoms with E-state index >= 15 is 0 Å². The lowest BCUT2D eigenvalue weighted by molar-refractivity contribution is 0.0754. The Labute approximate surface area is 107 Å². The van der Waals surface area contributed by atoms with Crippen LogP contribution in [0.25, 0.3) is 0 Å². The number of anilines is 1. The van der Waals surface area contributed by atoms with Gasteiger partial charge in [-0.3, -0.25) is 4.79 Å². The number of carbonyl (C=O) groups excluding carboxylic acids is 1. The summed E-state index contributed by atoms with van der Waals surface area (Å²) in [6.07, 6.45) is 3.34. The molecule has 1 atom stereocenters. The Balaban J connectivity index is 2.09. The average Bonchev–Trinajstić information content (AvgIpc) is 2.63. The molecular weight excluding hydrogens is 228 g/mol. The van der Waals surface area contributed by atoms with E-state index < -0.39 is 0 Å². The summed E-state index contributed by atoms with van der Waals surface area (Å²) >= 11 is 0. The largest absolute Gasteiger partial charge is 0.337 e. The van der Waals surface area contributed by atoms with Gasteiger partial charge in [0, 0.05) is 13.1 Å². The molecule has 1 aliphatic heterocycles. The van der Waals surface area contributed by atoms with Crippen LogP contribution in [0.15, 0.2) is 18.2 Å². The van der Waals surface area contributed by atoms with Gasteiger partial charge in [0.2, 0.25) is 0 Å². The molecule has 1 unspecified atom stereocenters. The first-order valence-electron chi connectivity index (χ1n) is 6.43. The first-order valence-corrected chi connectivity index (χ1v) is 6.43. The van der Waals surface area contributed by atoms with Crippen molar-refractivity contribution in [2.24, 2.45) is 11.8 Å². The van der Waals surface area contributed by atoms with E-state index in [1.165, 1.54) is 6.42 Å². The number of hydrazine groups is 1. The SMILES string of the molecule is CC1CCCN(C(=O)c2cccc(NN)n2)CC1. The van der Waals surface area contributed by atoms with Crippen LogP contribution in [0.4, 0.5) is 5.82 Å². The molecule has 98 valence electrons. The first-order chi connectivity index (χ1) is 8.70. The second-order valence-electron chi connectivity index (χ2n) is 4.88. The van der Waals surface area contributed by atoms with Crippen LogP contribution >= 0.6 is 0 Å². The summed E-state index contributed by atoms with van der Waals surface area (Å²) in [7, 11) is 0. The molecule has 18 heavy (non-hydrogen) atoms. The lowest BCUT2D eigenvalue weighted by atomic mass is 10.0. The van der Waals surface area contributed by atoms with Crippen molar-refractivity contribution in [3.05, 3.63) is 23.9 Å². The Morgan fingerprint density at radius 1 is 1.44 bits per heavy atom. The lowest BCUT2D eigenvalue weighted by Crippen LogP contribution is -2.32. The summed E-state index contributed by atoms with van der Waals surface area (Å²) in [6.45, 7) is 3.89. The molecule has 1 fully saturated rings. The molecule has 0 aromatic carbocycles. The molecule has 1 saturated heterocycles. The van der Waals surface area contributed by atoms with Gasteiger partial charge in [-0.05, 0) is 37.3 Å². The molecule has 5 nitrogen and oxygen atoms in total. The topological polar surface area (TPSA) is 71.2 Å². The number of carbonyl (C=O) groups is 1. The van der Waals surface area contributed by atoms with Crippen LogP contribution in [-0.2, 0) is 0 Å². The van der Waals surface area contributed by atoms with Crippen LogP contribution in [0.3, 0.4) is 0 Å². The normalized spacial score (nSPS) is 20.3. The van der Waals surface area contributed by atoms with E-state index in [9.17, 15) is 4.79 Å². The number of likely N-dealkylation sites (tertiary alicyclic amines) is 1. The average molecular weight is 248 g/mol. The quantitative estimate of drug-likeness (QED) is 0.616. The van der Waals surface area contributed by atoms with Crippen LogP contribution in [0, 0.1) is 5.92 Å². The van der Waals surface area contributed by atoms with Crippen molar-refractivity contribution in [3.8, 4) is 0 Å². The van der Waals surface area contributed by atoms with Gasteiger partial charge in [-0.1, -0.05) is 13.0 Å². The van der Waals surface area contributed by atoms with E-state index in [1.807, 2.05) is 4.90 Å². The molecule has 1 aromatic rings. The Hall–Kier alpha value is -1.62. The Morgan fingerprint density at radius 3 is 3.06 bits per heavy atom. The molecule has 0 bridgehead atoms. The summed E-state index contributed by atoms with van der Waals surface area (Å²) in [4.78, 5) is 18.4. The maximum Gasteiger partial charge on any atom is 0.272 e. The number of amides is 1. The third-order valence-corrected chi connectivity index (χ3v) is 3.42. The number of rotatable bonds is 2. The molecule has 1 aliphatic rings. The standard InChI is InChI=1S/C13H20N4O/c1-10-4-3-8-17(9-7-10)13(18)11-5-2-6-12(15-11)16-14/h2,5-6,10H,3-4,7-9,14H2,1H3,(H,15,16). The van der Waals surface area contributed by atoms with Crippen molar-refractivity contribution in [1.29, 1.82) is 0 Å². The number of nitrogen functional groups attached to an aromatic ring is 1. The molecule has 2 rings (SSSR count). The second-order valence-corrected chi connectivity index (χ2v) is 4.88. The molecule has 0 radical (unpaired) electrons. The highest BCUT2D eigenvalue weighted by atomic mass is 16.2. The zero-order valence-corrected chi connectivity index (χ0v) is 10.7. The van der Waals surface area contributed by atoms with E-state index in [4.69, 9.17) is 5.84 Å². The predicted octanol–water partition coefficient (Wildman–Crippen LogP) is 1.63. The summed E-state index contributed by atoms with van der Waals surface area (Å²) in [5.41, 5.74) is 2.92. The fourth-order valence-electron chi connectivity index (χ4n) is 2.26. The van der Waals surface area contributed by atoms with Crippen LogP contribution in [0.5, 0.6) is 0 Å². The number of hydrogen-bond acceptors (Lipinski definition) is 4. The van der Waals surface area contributed by atoms with E-state index in [1.54, 1.807) is 18.2 Å². The van der Waals surface area contributed by atoms with Gasteiger partial charge in [0.15, 0.2) is 0 Å². The van der Waals surface area contributed by atoms with E-state index in [0.717, 1.165) is 25.9 Å². The summed E-state index contributed by atoms with van der Waals surface area (Å²) in [5.74, 6) is 6.52. The smallest absolute Gasteiger partial charge is 0.272 e. The third kappa shape index (κ3) is 2.98. The van der Waals surface area contributed by atoms with Crippen LogP contribution in [-0.4, -0.2) is 28.9 Å². The molecule has 3 N–H and O–H groups in total. The van der Waals surface area contributed by atoms with Crippen molar-refractivity contribution >= 4 is 11.7 Å². The van der Waals surface area contributed by atoms with E-state index in [2.05, 4.69) is 17.3 Å². The van der Waals surface area contributed by atoms with E-state index in [-0.39, 0.29) is 5.91 Å². The highest BCUT2D eigenvalue weighted by Gasteiger charge is 2.20. The fraction of sp³-hybridized carbons (Fsp3) is 0.538. The second kappa shape index (κ2) is 5.82. The number of nitrogens with zero attached hydrogens (tertiary/aromatic N) is 2. The minimum atomic E-state index is 0.00111. The summed E-state index contributed by atoms with van der Waals surface area (Å²) < 4.78 is 0. The van der Waals surface area contributed by atoms with Gasteiger partial charge < -0.3 is 10.3 Å². The molecule has 1 amide bonds. The molecule has 1 aromatic heterocycles. The summed E-state index contributed by atoms with van der Waals surface area (Å²) in [5, 5.41) is 0. The number of aromatic nitrogens is 1. The number of nitrogens with two attached hydrogens (primary N) is 1. The lowest BCUT2D eigenvalue weighted by Gasteiger charge is -2.20. The van der Waals surface area contributed by atoms with Gasteiger partial charge >= 0.3 is 0 Å².